The van der Waals surface area contributed by atoms with Crippen LogP contribution in [0.4, 0.5) is 11.4 Å². The van der Waals surface area contributed by atoms with Crippen molar-refractivity contribution in [3.8, 4) is 0 Å². The molecule has 6 N–H and O–H groups in total. The third-order valence-corrected chi connectivity index (χ3v) is 7.42. The van der Waals surface area contributed by atoms with Crippen LogP contribution in [0.3, 0.4) is 0 Å². The normalized spacial score (nSPS) is 27.1. The molecule has 3 heterocycles. The summed E-state index contributed by atoms with van der Waals surface area (Å²) >= 11 is 0. The van der Waals surface area contributed by atoms with Crippen LogP contribution in [-0.4, -0.2) is 48.8 Å². The second-order valence-corrected chi connectivity index (χ2v) is 9.71. The molecule has 3 fully saturated rings. The van der Waals surface area contributed by atoms with Crippen molar-refractivity contribution in [2.75, 3.05) is 29.9 Å². The van der Waals surface area contributed by atoms with Crippen molar-refractivity contribution < 1.29 is 14.7 Å². The quantitative estimate of drug-likeness (QED) is 0.358. The van der Waals surface area contributed by atoms with Gasteiger partial charge in [-0.3, -0.25) is 25.6 Å². The zero-order chi connectivity index (χ0) is 24.2. The minimum Gasteiger partial charge on any atom is -0.481 e. The van der Waals surface area contributed by atoms with Crippen LogP contribution in [0, 0.1) is 11.8 Å². The number of hydrogen-bond donors (Lipinski definition) is 6. The van der Waals surface area contributed by atoms with Crippen molar-refractivity contribution in [1.29, 1.82) is 0 Å². The number of rotatable bonds is 7. The first-order chi connectivity index (χ1) is 17.1. The molecule has 2 aromatic rings. The third kappa shape index (κ3) is 5.58. The first-order valence-electron chi connectivity index (χ1n) is 12.5. The largest absolute Gasteiger partial charge is 0.481 e. The number of fused-ring (bicyclic) bond motifs is 1. The molecular formula is C26H34N6O3. The van der Waals surface area contributed by atoms with Crippen LogP contribution in [0.25, 0.3) is 0 Å². The molecule has 0 bridgehead atoms. The summed E-state index contributed by atoms with van der Waals surface area (Å²) in [5, 5.41) is 19.6. The zero-order valence-electron chi connectivity index (χ0n) is 19.7. The predicted octanol–water partition coefficient (Wildman–Crippen LogP) is 2.02. The average molecular weight is 479 g/mol. The lowest BCUT2D eigenvalue weighted by atomic mass is 9.89. The second-order valence-electron chi connectivity index (χ2n) is 9.71. The van der Waals surface area contributed by atoms with Crippen molar-refractivity contribution >= 4 is 23.3 Å². The molecule has 0 radical (unpaired) electrons. The van der Waals surface area contributed by atoms with Gasteiger partial charge in [-0.05, 0) is 55.0 Å². The number of anilines is 2. The molecule has 3 saturated heterocycles. The lowest BCUT2D eigenvalue weighted by Gasteiger charge is -2.46. The Bertz CT molecular complexity index is 1010. The van der Waals surface area contributed by atoms with Gasteiger partial charge < -0.3 is 15.3 Å². The van der Waals surface area contributed by atoms with Crippen LogP contribution in [0.15, 0.2) is 54.6 Å². The molecule has 9 nitrogen and oxygen atoms in total. The van der Waals surface area contributed by atoms with Gasteiger partial charge in [0, 0.05) is 43.5 Å². The van der Waals surface area contributed by atoms with Crippen molar-refractivity contribution in [3.63, 3.8) is 0 Å². The highest BCUT2D eigenvalue weighted by Crippen LogP contribution is 2.29. The third-order valence-electron chi connectivity index (χ3n) is 7.42. The van der Waals surface area contributed by atoms with Gasteiger partial charge in [0.05, 0.1) is 18.2 Å². The van der Waals surface area contributed by atoms with E-state index in [1.807, 2.05) is 18.2 Å². The molecule has 0 aliphatic carbocycles. The number of aliphatic carboxylic acids is 1. The molecule has 0 saturated carbocycles. The van der Waals surface area contributed by atoms with Crippen LogP contribution in [0.1, 0.15) is 37.4 Å². The number of carboxylic acids is 1. The van der Waals surface area contributed by atoms with Crippen molar-refractivity contribution in [1.82, 2.24) is 21.5 Å². The van der Waals surface area contributed by atoms with E-state index in [0.29, 0.717) is 12.5 Å². The maximum Gasteiger partial charge on any atom is 0.303 e. The Balaban J connectivity index is 1.23. The number of carboxylic acid groups (broad SMARTS) is 1. The Kier molecular flexibility index (Phi) is 7.17. The number of benzene rings is 2. The fourth-order valence-electron chi connectivity index (χ4n) is 5.46. The Labute approximate surface area is 205 Å². The Morgan fingerprint density at radius 3 is 2.49 bits per heavy atom. The van der Waals surface area contributed by atoms with Crippen molar-refractivity contribution in [2.45, 2.75) is 44.1 Å². The minimum absolute atomic E-state index is 0.00518. The SMILES string of the molecule is O=C(O)CCC1CCN(c2ccc(NC3NC(c4ccccc4)NC4CNNC(=O)C43)cc2)CC1. The van der Waals surface area contributed by atoms with Crippen LogP contribution in [0.2, 0.25) is 0 Å². The molecule has 5 rings (SSSR count). The summed E-state index contributed by atoms with van der Waals surface area (Å²) in [6.45, 7) is 2.55. The highest BCUT2D eigenvalue weighted by Gasteiger charge is 2.43. The fourth-order valence-corrected chi connectivity index (χ4v) is 5.46. The molecule has 0 aromatic heterocycles. The number of nitrogens with zero attached hydrogens (tertiary/aromatic N) is 1. The number of nitrogens with one attached hydrogen (secondary N) is 5. The molecule has 0 spiro atoms. The maximum absolute atomic E-state index is 12.7. The van der Waals surface area contributed by atoms with E-state index in [1.165, 1.54) is 5.69 Å². The number of amides is 1. The van der Waals surface area contributed by atoms with E-state index in [-0.39, 0.29) is 36.6 Å². The lowest BCUT2D eigenvalue weighted by Crippen LogP contribution is -2.71. The van der Waals surface area contributed by atoms with Gasteiger partial charge in [-0.2, -0.15) is 0 Å². The van der Waals surface area contributed by atoms with E-state index < -0.39 is 5.97 Å². The van der Waals surface area contributed by atoms with E-state index in [0.717, 1.165) is 43.6 Å². The van der Waals surface area contributed by atoms with Gasteiger partial charge in [-0.15, -0.1) is 0 Å². The van der Waals surface area contributed by atoms with E-state index in [1.54, 1.807) is 0 Å². The first kappa shape index (κ1) is 23.6. The number of carbonyl (C=O) groups is 2. The molecule has 4 atom stereocenters. The number of hydrogen-bond acceptors (Lipinski definition) is 7. The summed E-state index contributed by atoms with van der Waals surface area (Å²) in [7, 11) is 0. The highest BCUT2D eigenvalue weighted by atomic mass is 16.4. The van der Waals surface area contributed by atoms with Crippen LogP contribution >= 0.6 is 0 Å². The molecule has 186 valence electrons. The van der Waals surface area contributed by atoms with Gasteiger partial charge in [0.15, 0.2) is 0 Å². The van der Waals surface area contributed by atoms with E-state index >= 15 is 0 Å². The van der Waals surface area contributed by atoms with Gasteiger partial charge in [0.2, 0.25) is 5.91 Å². The average Bonchev–Trinajstić information content (AvgIpc) is 2.89. The standard InChI is InChI=1S/C26H34N6O3/c33-22(34)11-6-17-12-14-32(15-13-17)20-9-7-19(8-10-20)28-25-23-21(16-27-31-26(23)35)29-24(30-25)18-4-2-1-3-5-18/h1-5,7-10,17,21,23-25,27-30H,6,11-16H2,(H,31,35)(H,33,34). The number of hydrazine groups is 1. The van der Waals surface area contributed by atoms with Gasteiger partial charge in [0.25, 0.3) is 0 Å². The molecule has 3 aliphatic heterocycles. The Hall–Kier alpha value is -3.14. The highest BCUT2D eigenvalue weighted by molar-refractivity contribution is 5.81. The van der Waals surface area contributed by atoms with Crippen molar-refractivity contribution in [2.24, 2.45) is 11.8 Å². The second kappa shape index (κ2) is 10.6. The summed E-state index contributed by atoms with van der Waals surface area (Å²) in [4.78, 5) is 25.9. The fraction of sp³-hybridized carbons (Fsp3) is 0.462. The Morgan fingerprint density at radius 2 is 1.77 bits per heavy atom. The number of carbonyl (C=O) groups excluding carboxylic acids is 1. The van der Waals surface area contributed by atoms with Crippen LogP contribution in [0.5, 0.6) is 0 Å². The smallest absolute Gasteiger partial charge is 0.303 e. The molecule has 3 aliphatic rings. The lowest BCUT2D eigenvalue weighted by molar-refractivity contribution is -0.137. The predicted molar refractivity (Wildman–Crippen MR) is 135 cm³/mol. The van der Waals surface area contributed by atoms with Gasteiger partial charge in [0.1, 0.15) is 0 Å². The summed E-state index contributed by atoms with van der Waals surface area (Å²) < 4.78 is 0. The van der Waals surface area contributed by atoms with Crippen LogP contribution < -0.4 is 31.7 Å². The van der Waals surface area contributed by atoms with Crippen LogP contribution in [-0.2, 0) is 9.59 Å². The van der Waals surface area contributed by atoms with Gasteiger partial charge in [-0.1, -0.05) is 30.3 Å². The molecule has 35 heavy (non-hydrogen) atoms. The summed E-state index contributed by atoms with van der Waals surface area (Å²) in [6, 6.07) is 18.6. The molecule has 1 amide bonds. The maximum atomic E-state index is 12.7. The van der Waals surface area contributed by atoms with Gasteiger partial charge >= 0.3 is 5.97 Å². The molecular weight excluding hydrogens is 444 g/mol. The van der Waals surface area contributed by atoms with E-state index in [4.69, 9.17) is 5.11 Å². The topological polar surface area (TPSA) is 118 Å². The van der Waals surface area contributed by atoms with E-state index in [9.17, 15) is 9.59 Å². The molecule has 2 aromatic carbocycles. The van der Waals surface area contributed by atoms with Gasteiger partial charge in [-0.25, -0.2) is 5.43 Å². The Morgan fingerprint density at radius 1 is 1.03 bits per heavy atom. The zero-order valence-corrected chi connectivity index (χ0v) is 19.7. The summed E-state index contributed by atoms with van der Waals surface area (Å²) in [5.41, 5.74) is 9.03. The molecule has 4 unspecified atom stereocenters. The van der Waals surface area contributed by atoms with E-state index in [2.05, 4.69) is 68.1 Å². The first-order valence-corrected chi connectivity index (χ1v) is 12.5. The monoisotopic (exact) mass is 478 g/mol. The summed E-state index contributed by atoms with van der Waals surface area (Å²) in [5.74, 6) is -0.508. The minimum atomic E-state index is -0.706. The summed E-state index contributed by atoms with van der Waals surface area (Å²) in [6.07, 6.45) is 2.79. The molecule has 9 heteroatoms. The van der Waals surface area contributed by atoms with Crippen molar-refractivity contribution in [3.05, 3.63) is 60.2 Å². The number of piperidine rings is 1.